The van der Waals surface area contributed by atoms with Gasteiger partial charge in [-0.05, 0) is 62.6 Å². The molecule has 5 heteroatoms. The third-order valence-electron chi connectivity index (χ3n) is 5.58. The zero-order valence-electron chi connectivity index (χ0n) is 20.1. The van der Waals surface area contributed by atoms with Gasteiger partial charge >= 0.3 is 0 Å². The topological polar surface area (TPSA) is 67.4 Å². The van der Waals surface area contributed by atoms with E-state index in [-0.39, 0.29) is 11.8 Å². The molecule has 2 rings (SSSR count). The van der Waals surface area contributed by atoms with Gasteiger partial charge in [-0.25, -0.2) is 0 Å². The van der Waals surface area contributed by atoms with E-state index in [1.54, 1.807) is 24.3 Å². The van der Waals surface area contributed by atoms with Crippen molar-refractivity contribution in [2.24, 2.45) is 0 Å². The summed E-state index contributed by atoms with van der Waals surface area (Å²) in [6.45, 7) is 8.70. The molecule has 0 radical (unpaired) electrons. The van der Waals surface area contributed by atoms with Gasteiger partial charge in [-0.3, -0.25) is 20.4 Å². The minimum Gasteiger partial charge on any atom is -0.494 e. The average molecular weight is 439 g/mol. The number of rotatable bonds is 12. The Bertz CT molecular complexity index is 852. The van der Waals surface area contributed by atoms with E-state index in [0.717, 1.165) is 28.9 Å². The van der Waals surface area contributed by atoms with E-state index in [4.69, 9.17) is 4.74 Å². The van der Waals surface area contributed by atoms with Crippen LogP contribution in [0.3, 0.4) is 0 Å². The number of hydrogen-bond donors (Lipinski definition) is 2. The number of carbonyl (C=O) groups excluding carboxylic acids is 2. The predicted octanol–water partition coefficient (Wildman–Crippen LogP) is 6.21. The molecule has 0 saturated heterocycles. The standard InChI is InChI=1S/C27H38N2O3/c1-5-6-7-8-9-10-11-12-17-32-24-15-13-23(14-16-24)26(30)28-29-27(31)25-21(3)18-20(2)19-22(25)4/h13-16,18-19H,5-12,17H2,1-4H3,(H,28,30)(H,29,31). The average Bonchev–Trinajstić information content (AvgIpc) is 2.76. The normalized spacial score (nSPS) is 10.6. The number of carbonyl (C=O) groups is 2. The highest BCUT2D eigenvalue weighted by molar-refractivity contribution is 6.00. The molecule has 2 amide bonds. The number of aryl methyl sites for hydroxylation is 3. The number of benzene rings is 2. The Balaban J connectivity index is 1.71. The van der Waals surface area contributed by atoms with Gasteiger partial charge in [0.05, 0.1) is 6.61 Å². The molecule has 0 aliphatic carbocycles. The van der Waals surface area contributed by atoms with E-state index in [1.807, 2.05) is 32.9 Å². The molecule has 0 spiro atoms. The van der Waals surface area contributed by atoms with Crippen LogP contribution in [0.4, 0.5) is 0 Å². The Morgan fingerprint density at radius 2 is 1.28 bits per heavy atom. The van der Waals surface area contributed by atoms with Gasteiger partial charge in [-0.1, -0.05) is 69.6 Å². The summed E-state index contributed by atoms with van der Waals surface area (Å²) in [6.07, 6.45) is 10.1. The molecule has 0 aliphatic heterocycles. The van der Waals surface area contributed by atoms with E-state index >= 15 is 0 Å². The second kappa shape index (κ2) is 13.6. The second-order valence-electron chi connectivity index (χ2n) is 8.53. The third-order valence-corrected chi connectivity index (χ3v) is 5.58. The highest BCUT2D eigenvalue weighted by atomic mass is 16.5. The fraction of sp³-hybridized carbons (Fsp3) is 0.481. The minimum absolute atomic E-state index is 0.321. The fourth-order valence-corrected chi connectivity index (χ4v) is 3.91. The smallest absolute Gasteiger partial charge is 0.270 e. The Hall–Kier alpha value is -2.82. The summed E-state index contributed by atoms with van der Waals surface area (Å²) < 4.78 is 5.78. The van der Waals surface area contributed by atoms with Crippen molar-refractivity contribution in [1.82, 2.24) is 10.9 Å². The molecule has 0 saturated carbocycles. The largest absolute Gasteiger partial charge is 0.494 e. The Morgan fingerprint density at radius 1 is 0.750 bits per heavy atom. The van der Waals surface area contributed by atoms with Gasteiger partial charge in [-0.15, -0.1) is 0 Å². The maximum absolute atomic E-state index is 12.5. The Labute approximate surface area is 192 Å². The molecule has 0 fully saturated rings. The van der Waals surface area contributed by atoms with Gasteiger partial charge in [0.2, 0.25) is 0 Å². The number of hydrazine groups is 1. The number of hydrogen-bond acceptors (Lipinski definition) is 3. The van der Waals surface area contributed by atoms with Crippen molar-refractivity contribution in [2.45, 2.75) is 79.1 Å². The van der Waals surface area contributed by atoms with Crippen molar-refractivity contribution >= 4 is 11.8 Å². The predicted molar refractivity (Wildman–Crippen MR) is 130 cm³/mol. The summed E-state index contributed by atoms with van der Waals surface area (Å²) in [5.74, 6) is 0.0634. The molecule has 0 atom stereocenters. The molecule has 2 N–H and O–H groups in total. The van der Waals surface area contributed by atoms with Crippen LogP contribution in [0.25, 0.3) is 0 Å². The van der Waals surface area contributed by atoms with E-state index < -0.39 is 0 Å². The van der Waals surface area contributed by atoms with Crippen LogP contribution in [0.2, 0.25) is 0 Å². The highest BCUT2D eigenvalue weighted by Crippen LogP contribution is 2.16. The van der Waals surface area contributed by atoms with Crippen molar-refractivity contribution in [1.29, 1.82) is 0 Å². The van der Waals surface area contributed by atoms with Gasteiger partial charge in [0.25, 0.3) is 11.8 Å². The molecule has 0 heterocycles. The molecule has 2 aromatic carbocycles. The van der Waals surface area contributed by atoms with Gasteiger partial charge in [-0.2, -0.15) is 0 Å². The molecular formula is C27H38N2O3. The number of amides is 2. The summed E-state index contributed by atoms with van der Waals surface area (Å²) in [5.41, 5.74) is 8.91. The first-order valence-electron chi connectivity index (χ1n) is 11.8. The molecule has 32 heavy (non-hydrogen) atoms. The zero-order valence-corrected chi connectivity index (χ0v) is 20.1. The highest BCUT2D eigenvalue weighted by Gasteiger charge is 2.14. The van der Waals surface area contributed by atoms with Crippen LogP contribution in [0.5, 0.6) is 5.75 Å². The van der Waals surface area contributed by atoms with E-state index in [9.17, 15) is 9.59 Å². The summed E-state index contributed by atoms with van der Waals surface area (Å²) in [6, 6.07) is 10.9. The Kier molecular flexibility index (Phi) is 10.8. The van der Waals surface area contributed by atoms with Crippen molar-refractivity contribution in [3.63, 3.8) is 0 Å². The quantitative estimate of drug-likeness (QED) is 0.306. The van der Waals surface area contributed by atoms with E-state index in [0.29, 0.717) is 17.7 Å². The Morgan fingerprint density at radius 3 is 1.88 bits per heavy atom. The van der Waals surface area contributed by atoms with Crippen LogP contribution in [0.1, 0.15) is 95.7 Å². The summed E-state index contributed by atoms with van der Waals surface area (Å²) in [7, 11) is 0. The second-order valence-corrected chi connectivity index (χ2v) is 8.53. The molecule has 0 aliphatic rings. The van der Waals surface area contributed by atoms with Crippen molar-refractivity contribution in [3.8, 4) is 5.75 Å². The van der Waals surface area contributed by atoms with Crippen LogP contribution >= 0.6 is 0 Å². The SMILES string of the molecule is CCCCCCCCCCOc1ccc(C(=O)NNC(=O)c2c(C)cc(C)cc2C)cc1. The molecule has 0 aromatic heterocycles. The zero-order chi connectivity index (χ0) is 23.3. The van der Waals surface area contributed by atoms with Crippen LogP contribution in [-0.4, -0.2) is 18.4 Å². The minimum atomic E-state index is -0.365. The van der Waals surface area contributed by atoms with E-state index in [2.05, 4.69) is 17.8 Å². The van der Waals surface area contributed by atoms with Crippen molar-refractivity contribution in [3.05, 3.63) is 64.2 Å². The van der Waals surface area contributed by atoms with E-state index in [1.165, 1.54) is 44.9 Å². The lowest BCUT2D eigenvalue weighted by atomic mass is 9.99. The molecule has 174 valence electrons. The number of nitrogens with one attached hydrogen (secondary N) is 2. The number of unbranched alkanes of at least 4 members (excludes halogenated alkanes) is 7. The van der Waals surface area contributed by atoms with Crippen LogP contribution in [-0.2, 0) is 0 Å². The maximum atomic E-state index is 12.5. The summed E-state index contributed by atoms with van der Waals surface area (Å²) in [4.78, 5) is 24.9. The van der Waals surface area contributed by atoms with Gasteiger partial charge in [0.1, 0.15) is 5.75 Å². The fourth-order valence-electron chi connectivity index (χ4n) is 3.91. The molecule has 0 unspecified atom stereocenters. The number of ether oxygens (including phenoxy) is 1. The molecule has 5 nitrogen and oxygen atoms in total. The van der Waals surface area contributed by atoms with Crippen LogP contribution < -0.4 is 15.6 Å². The first kappa shape index (κ1) is 25.4. The van der Waals surface area contributed by atoms with Gasteiger partial charge in [0.15, 0.2) is 0 Å². The third kappa shape index (κ3) is 8.37. The lowest BCUT2D eigenvalue weighted by Gasteiger charge is -2.13. The van der Waals surface area contributed by atoms with Crippen LogP contribution in [0.15, 0.2) is 36.4 Å². The molecule has 0 bridgehead atoms. The van der Waals surface area contributed by atoms with Crippen molar-refractivity contribution in [2.75, 3.05) is 6.61 Å². The van der Waals surface area contributed by atoms with Crippen LogP contribution in [0, 0.1) is 20.8 Å². The first-order chi connectivity index (χ1) is 15.4. The summed E-state index contributed by atoms with van der Waals surface area (Å²) >= 11 is 0. The lowest BCUT2D eigenvalue weighted by Crippen LogP contribution is -2.42. The first-order valence-corrected chi connectivity index (χ1v) is 11.8. The van der Waals surface area contributed by atoms with Gasteiger partial charge in [0, 0.05) is 11.1 Å². The lowest BCUT2D eigenvalue weighted by molar-refractivity contribution is 0.0846. The maximum Gasteiger partial charge on any atom is 0.270 e. The molecule has 2 aromatic rings. The van der Waals surface area contributed by atoms with Crippen molar-refractivity contribution < 1.29 is 14.3 Å². The summed E-state index contributed by atoms with van der Waals surface area (Å²) in [5, 5.41) is 0. The molecular weight excluding hydrogens is 400 g/mol. The van der Waals surface area contributed by atoms with Gasteiger partial charge < -0.3 is 4.74 Å². The monoisotopic (exact) mass is 438 g/mol.